The molecule has 3 heterocycles. The molecule has 124 valence electrons. The van der Waals surface area contributed by atoms with Crippen LogP contribution in [-0.2, 0) is 18.7 Å². The fourth-order valence-electron chi connectivity index (χ4n) is 2.81. The highest BCUT2D eigenvalue weighted by molar-refractivity contribution is 7.98. The van der Waals surface area contributed by atoms with Crippen LogP contribution in [0.3, 0.4) is 0 Å². The lowest BCUT2D eigenvalue weighted by Gasteiger charge is -2.22. The lowest BCUT2D eigenvalue weighted by Crippen LogP contribution is -2.28. The third-order valence-electron chi connectivity index (χ3n) is 4.01. The van der Waals surface area contributed by atoms with Crippen molar-refractivity contribution in [3.63, 3.8) is 0 Å². The van der Waals surface area contributed by atoms with Crippen molar-refractivity contribution in [3.05, 3.63) is 34.6 Å². The first kappa shape index (κ1) is 16.7. The van der Waals surface area contributed by atoms with Crippen molar-refractivity contribution in [2.45, 2.75) is 49.6 Å². The molecule has 3 rings (SSSR count). The summed E-state index contributed by atoms with van der Waals surface area (Å²) in [7, 11) is 0. The second-order valence-corrected chi connectivity index (χ2v) is 7.52. The van der Waals surface area contributed by atoms with Crippen molar-refractivity contribution in [1.29, 1.82) is 0 Å². The Morgan fingerprint density at radius 3 is 2.96 bits per heavy atom. The third kappa shape index (κ3) is 4.02. The summed E-state index contributed by atoms with van der Waals surface area (Å²) in [5.41, 5.74) is 1.13. The molecule has 0 saturated carbocycles. The average molecular weight is 350 g/mol. The Hall–Kier alpha value is -1.18. The quantitative estimate of drug-likeness (QED) is 0.614. The zero-order valence-corrected chi connectivity index (χ0v) is 15.1. The van der Waals surface area contributed by atoms with Gasteiger partial charge in [0.1, 0.15) is 5.82 Å². The van der Waals surface area contributed by atoms with Crippen LogP contribution >= 0.6 is 23.1 Å². The Balaban J connectivity index is 1.72. The van der Waals surface area contributed by atoms with Crippen LogP contribution in [0.15, 0.2) is 23.2 Å². The van der Waals surface area contributed by atoms with Gasteiger partial charge in [-0.05, 0) is 32.4 Å². The Kier molecular flexibility index (Phi) is 5.85. The van der Waals surface area contributed by atoms with Crippen LogP contribution in [-0.4, -0.2) is 32.8 Å². The Bertz CT molecular complexity index is 643. The molecule has 1 saturated heterocycles. The number of nitrogens with one attached hydrogen (secondary N) is 1. The van der Waals surface area contributed by atoms with Crippen LogP contribution in [0.5, 0.6) is 0 Å². The summed E-state index contributed by atoms with van der Waals surface area (Å²) in [5.74, 6) is 2.46. The fourth-order valence-corrected chi connectivity index (χ4v) is 4.50. The Morgan fingerprint density at radius 1 is 1.43 bits per heavy atom. The molecule has 1 aliphatic heterocycles. The van der Waals surface area contributed by atoms with Crippen molar-refractivity contribution < 1.29 is 0 Å². The van der Waals surface area contributed by atoms with Gasteiger partial charge in [0.2, 0.25) is 0 Å². The number of hydrogen-bond acceptors (Lipinski definition) is 6. The van der Waals surface area contributed by atoms with Crippen LogP contribution in [0, 0.1) is 0 Å². The molecule has 0 spiro atoms. The third-order valence-corrected chi connectivity index (χ3v) is 6.05. The number of aromatic nitrogens is 4. The Morgan fingerprint density at radius 2 is 2.26 bits per heavy atom. The number of thiazole rings is 1. The van der Waals surface area contributed by atoms with Crippen LogP contribution in [0.25, 0.3) is 0 Å². The first-order valence-electron chi connectivity index (χ1n) is 8.12. The van der Waals surface area contributed by atoms with Crippen molar-refractivity contribution in [2.24, 2.45) is 0 Å². The van der Waals surface area contributed by atoms with E-state index in [0.29, 0.717) is 5.92 Å². The highest BCUT2D eigenvalue weighted by Gasteiger charge is 2.23. The molecular formula is C16H23N5S2. The van der Waals surface area contributed by atoms with E-state index in [4.69, 9.17) is 0 Å². The first-order valence-corrected chi connectivity index (χ1v) is 9.99. The van der Waals surface area contributed by atoms with E-state index < -0.39 is 0 Å². The maximum absolute atomic E-state index is 4.63. The van der Waals surface area contributed by atoms with Gasteiger partial charge in [0.05, 0.1) is 10.7 Å². The van der Waals surface area contributed by atoms with Crippen molar-refractivity contribution in [1.82, 2.24) is 25.1 Å². The molecule has 2 aromatic heterocycles. The number of hydrogen-bond donors (Lipinski definition) is 1. The zero-order chi connectivity index (χ0) is 16.1. The zero-order valence-electron chi connectivity index (χ0n) is 13.5. The predicted molar refractivity (Wildman–Crippen MR) is 96.1 cm³/mol. The summed E-state index contributed by atoms with van der Waals surface area (Å²) in [5, 5.41) is 16.7. The van der Waals surface area contributed by atoms with Gasteiger partial charge in [0.15, 0.2) is 5.16 Å². The Labute approximate surface area is 145 Å². The number of allylic oxidation sites excluding steroid dienone is 1. The van der Waals surface area contributed by atoms with Gasteiger partial charge in [-0.3, -0.25) is 0 Å². The highest BCUT2D eigenvalue weighted by atomic mass is 32.2. The van der Waals surface area contributed by atoms with Gasteiger partial charge in [-0.15, -0.1) is 28.1 Å². The van der Waals surface area contributed by atoms with E-state index in [1.807, 2.05) is 6.08 Å². The van der Waals surface area contributed by atoms with Crippen molar-refractivity contribution >= 4 is 23.1 Å². The molecule has 7 heteroatoms. The molecule has 0 amide bonds. The highest BCUT2D eigenvalue weighted by Crippen LogP contribution is 2.29. The summed E-state index contributed by atoms with van der Waals surface area (Å²) in [6, 6.07) is 0. The number of piperidine rings is 1. The minimum atomic E-state index is 0.504. The average Bonchev–Trinajstić information content (AvgIpc) is 3.21. The number of thioether (sulfide) groups is 1. The van der Waals surface area contributed by atoms with Gasteiger partial charge >= 0.3 is 0 Å². The molecule has 0 aliphatic carbocycles. The number of rotatable bonds is 7. The van der Waals surface area contributed by atoms with Crippen LogP contribution in [0.2, 0.25) is 0 Å². The number of aryl methyl sites for hydroxylation is 1. The number of nitrogens with zero attached hydrogens (tertiary/aromatic N) is 4. The largest absolute Gasteiger partial charge is 0.317 e. The summed E-state index contributed by atoms with van der Waals surface area (Å²) >= 11 is 3.46. The second kappa shape index (κ2) is 8.08. The minimum absolute atomic E-state index is 0.504. The monoisotopic (exact) mass is 349 g/mol. The first-order chi connectivity index (χ1) is 11.3. The van der Waals surface area contributed by atoms with Crippen LogP contribution in [0.4, 0.5) is 0 Å². The summed E-state index contributed by atoms with van der Waals surface area (Å²) in [4.78, 5) is 4.63. The summed E-state index contributed by atoms with van der Waals surface area (Å²) < 4.78 is 2.22. The van der Waals surface area contributed by atoms with E-state index in [-0.39, 0.29) is 0 Å². The topological polar surface area (TPSA) is 55.6 Å². The smallest absolute Gasteiger partial charge is 0.191 e. The lowest BCUT2D eigenvalue weighted by atomic mass is 9.97. The molecule has 0 atom stereocenters. The predicted octanol–water partition coefficient (Wildman–Crippen LogP) is 3.24. The molecular weight excluding hydrogens is 326 g/mol. The molecule has 0 aromatic carbocycles. The SMILES string of the molecule is C=CCn1c(SCc2csc(CC)n2)nnc1C1CCNCC1. The molecule has 0 radical (unpaired) electrons. The van der Waals surface area contributed by atoms with E-state index in [1.54, 1.807) is 23.1 Å². The van der Waals surface area contributed by atoms with Gasteiger partial charge < -0.3 is 9.88 Å². The van der Waals surface area contributed by atoms with Gasteiger partial charge in [-0.2, -0.15) is 0 Å². The molecule has 0 bridgehead atoms. The maximum atomic E-state index is 4.63. The molecule has 1 N–H and O–H groups in total. The van der Waals surface area contributed by atoms with Crippen molar-refractivity contribution in [2.75, 3.05) is 13.1 Å². The van der Waals surface area contributed by atoms with E-state index in [9.17, 15) is 0 Å². The minimum Gasteiger partial charge on any atom is -0.317 e. The maximum Gasteiger partial charge on any atom is 0.191 e. The summed E-state index contributed by atoms with van der Waals surface area (Å²) in [6.45, 7) is 8.92. The molecule has 1 fully saturated rings. The normalized spacial score (nSPS) is 15.9. The van der Waals surface area contributed by atoms with E-state index in [1.165, 1.54) is 5.01 Å². The van der Waals surface area contributed by atoms with Gasteiger partial charge in [-0.1, -0.05) is 24.8 Å². The fraction of sp³-hybridized carbons (Fsp3) is 0.562. The molecule has 1 aliphatic rings. The second-order valence-electron chi connectivity index (χ2n) is 5.64. The summed E-state index contributed by atoms with van der Waals surface area (Å²) in [6.07, 6.45) is 5.19. The molecule has 5 nitrogen and oxygen atoms in total. The lowest BCUT2D eigenvalue weighted by molar-refractivity contribution is 0.431. The molecule has 23 heavy (non-hydrogen) atoms. The molecule has 0 unspecified atom stereocenters. The van der Waals surface area contributed by atoms with E-state index >= 15 is 0 Å². The van der Waals surface area contributed by atoms with Crippen molar-refractivity contribution in [3.8, 4) is 0 Å². The standard InChI is InChI=1S/C16H23N5S2/c1-3-9-21-15(12-5-7-17-8-6-12)19-20-16(21)23-11-13-10-22-14(4-2)18-13/h3,10,12,17H,1,4-9,11H2,2H3. The van der Waals surface area contributed by atoms with Crippen LogP contribution in [0.1, 0.15) is 42.2 Å². The van der Waals surface area contributed by atoms with E-state index in [2.05, 4.69) is 43.9 Å². The molecule has 2 aromatic rings. The van der Waals surface area contributed by atoms with Gasteiger partial charge in [0, 0.05) is 23.6 Å². The van der Waals surface area contributed by atoms with Gasteiger partial charge in [0.25, 0.3) is 0 Å². The van der Waals surface area contributed by atoms with Gasteiger partial charge in [-0.25, -0.2) is 4.98 Å². The van der Waals surface area contributed by atoms with Crippen LogP contribution < -0.4 is 5.32 Å². The van der Waals surface area contributed by atoms with E-state index in [0.717, 1.165) is 61.3 Å².